The van der Waals surface area contributed by atoms with Crippen molar-refractivity contribution in [2.45, 2.75) is 39.7 Å². The minimum Gasteiger partial charge on any atom is -0.491 e. The Morgan fingerprint density at radius 2 is 1.81 bits per heavy atom. The highest BCUT2D eigenvalue weighted by atomic mass is 16.6. The summed E-state index contributed by atoms with van der Waals surface area (Å²) in [5.74, 6) is 0.808. The molecule has 0 unspecified atom stereocenters. The number of nitrogens with zero attached hydrogens (tertiary/aromatic N) is 1. The second-order valence-electron chi connectivity index (χ2n) is 4.34. The number of benzene rings is 1. The Morgan fingerprint density at radius 3 is 2.25 bits per heavy atom. The first-order chi connectivity index (χ1) is 7.40. The maximum Gasteiger partial charge on any atom is 0.273 e. The average Bonchev–Trinajstić information content (AvgIpc) is 2.15. The number of non-ortho nitro benzene ring substituents is 1. The van der Waals surface area contributed by atoms with Gasteiger partial charge in [-0.2, -0.15) is 0 Å². The molecule has 88 valence electrons. The summed E-state index contributed by atoms with van der Waals surface area (Å²) < 4.78 is 5.49. The first-order valence-electron chi connectivity index (χ1n) is 5.36. The van der Waals surface area contributed by atoms with Gasteiger partial charge < -0.3 is 4.74 Å². The van der Waals surface area contributed by atoms with Gasteiger partial charge in [0.05, 0.1) is 17.1 Å². The lowest BCUT2D eigenvalue weighted by Gasteiger charge is -2.12. The maximum atomic E-state index is 10.8. The first-order valence-corrected chi connectivity index (χ1v) is 5.36. The smallest absolute Gasteiger partial charge is 0.273 e. The molecular weight excluding hydrogens is 206 g/mol. The summed E-state index contributed by atoms with van der Waals surface area (Å²) in [6.45, 7) is 7.79. The zero-order valence-corrected chi connectivity index (χ0v) is 10.1. The predicted molar refractivity (Wildman–Crippen MR) is 62.9 cm³/mol. The second kappa shape index (κ2) is 4.96. The van der Waals surface area contributed by atoms with Crippen molar-refractivity contribution in [3.63, 3.8) is 0 Å². The van der Waals surface area contributed by atoms with Gasteiger partial charge in [-0.05, 0) is 31.4 Å². The molecule has 0 saturated heterocycles. The number of rotatable bonds is 4. The molecule has 0 amide bonds. The normalized spacial score (nSPS) is 10.9. The van der Waals surface area contributed by atoms with Crippen LogP contribution in [-0.4, -0.2) is 11.0 Å². The zero-order chi connectivity index (χ0) is 12.3. The van der Waals surface area contributed by atoms with Crippen molar-refractivity contribution >= 4 is 5.69 Å². The quantitative estimate of drug-likeness (QED) is 0.579. The maximum absolute atomic E-state index is 10.8. The van der Waals surface area contributed by atoms with E-state index in [0.29, 0.717) is 5.75 Å². The Labute approximate surface area is 95.4 Å². The molecule has 0 heterocycles. The third-order valence-corrected chi connectivity index (χ3v) is 2.16. The van der Waals surface area contributed by atoms with Crippen molar-refractivity contribution in [1.29, 1.82) is 0 Å². The summed E-state index contributed by atoms with van der Waals surface area (Å²) in [4.78, 5) is 10.4. The van der Waals surface area contributed by atoms with E-state index in [4.69, 9.17) is 4.74 Å². The van der Waals surface area contributed by atoms with E-state index in [2.05, 4.69) is 0 Å². The van der Waals surface area contributed by atoms with Crippen LogP contribution < -0.4 is 4.74 Å². The molecule has 1 rings (SSSR count). The molecule has 0 bridgehead atoms. The van der Waals surface area contributed by atoms with Crippen LogP contribution in [0.25, 0.3) is 0 Å². The van der Waals surface area contributed by atoms with Gasteiger partial charge >= 0.3 is 0 Å². The van der Waals surface area contributed by atoms with Gasteiger partial charge in [-0.15, -0.1) is 0 Å². The molecule has 1 aromatic carbocycles. The van der Waals surface area contributed by atoms with Crippen LogP contribution in [0.15, 0.2) is 18.2 Å². The largest absolute Gasteiger partial charge is 0.491 e. The number of hydrogen-bond donors (Lipinski definition) is 0. The van der Waals surface area contributed by atoms with Gasteiger partial charge in [-0.1, -0.05) is 13.8 Å². The summed E-state index contributed by atoms with van der Waals surface area (Å²) in [7, 11) is 0. The summed E-state index contributed by atoms with van der Waals surface area (Å²) >= 11 is 0. The van der Waals surface area contributed by atoms with Crippen LogP contribution in [0, 0.1) is 10.1 Å². The molecule has 0 fully saturated rings. The number of hydrogen-bond acceptors (Lipinski definition) is 3. The van der Waals surface area contributed by atoms with Gasteiger partial charge in [0.2, 0.25) is 0 Å². The van der Waals surface area contributed by atoms with Crippen LogP contribution in [-0.2, 0) is 0 Å². The lowest BCUT2D eigenvalue weighted by atomic mass is 10.0. The molecule has 4 heteroatoms. The fraction of sp³-hybridized carbons (Fsp3) is 0.500. The van der Waals surface area contributed by atoms with Crippen molar-refractivity contribution in [2.75, 3.05) is 0 Å². The number of nitro benzene ring substituents is 1. The molecule has 0 aliphatic heterocycles. The summed E-state index contributed by atoms with van der Waals surface area (Å²) in [5, 5.41) is 10.8. The Kier molecular flexibility index (Phi) is 3.88. The number of nitro groups is 1. The van der Waals surface area contributed by atoms with E-state index in [9.17, 15) is 10.1 Å². The van der Waals surface area contributed by atoms with Crippen molar-refractivity contribution in [2.24, 2.45) is 0 Å². The standard InChI is InChI=1S/C12H17NO3/c1-8(2)10-5-11(13(14)15)7-12(6-10)16-9(3)4/h5-9H,1-4H3. The van der Waals surface area contributed by atoms with Crippen LogP contribution in [0.4, 0.5) is 5.69 Å². The van der Waals surface area contributed by atoms with Crippen molar-refractivity contribution in [1.82, 2.24) is 0 Å². The topological polar surface area (TPSA) is 52.4 Å². The molecule has 4 nitrogen and oxygen atoms in total. The summed E-state index contributed by atoms with van der Waals surface area (Å²) in [6, 6.07) is 4.92. The lowest BCUT2D eigenvalue weighted by Crippen LogP contribution is -2.06. The fourth-order valence-electron chi connectivity index (χ4n) is 1.38. The van der Waals surface area contributed by atoms with Gasteiger partial charge in [0.25, 0.3) is 5.69 Å². The van der Waals surface area contributed by atoms with Crippen molar-refractivity contribution < 1.29 is 9.66 Å². The highest BCUT2D eigenvalue weighted by Crippen LogP contribution is 2.27. The SMILES string of the molecule is CC(C)Oc1cc(C(C)C)cc([N+](=O)[O-])c1. The van der Waals surface area contributed by atoms with E-state index in [1.54, 1.807) is 6.07 Å². The van der Waals surface area contributed by atoms with Crippen molar-refractivity contribution in [3.05, 3.63) is 33.9 Å². The second-order valence-corrected chi connectivity index (χ2v) is 4.34. The van der Waals surface area contributed by atoms with Gasteiger partial charge in [0.15, 0.2) is 0 Å². The predicted octanol–water partition coefficient (Wildman–Crippen LogP) is 3.51. The van der Waals surface area contributed by atoms with Gasteiger partial charge in [-0.3, -0.25) is 10.1 Å². The lowest BCUT2D eigenvalue weighted by molar-refractivity contribution is -0.385. The first kappa shape index (κ1) is 12.5. The molecule has 1 aromatic rings. The summed E-state index contributed by atoms with van der Waals surface area (Å²) in [5.41, 5.74) is 1.01. The average molecular weight is 223 g/mol. The Bertz CT molecular complexity index is 386. The van der Waals surface area contributed by atoms with E-state index in [1.807, 2.05) is 33.8 Å². The molecule has 0 radical (unpaired) electrons. The van der Waals surface area contributed by atoms with Crippen LogP contribution in [0.2, 0.25) is 0 Å². The Balaban J connectivity index is 3.13. The van der Waals surface area contributed by atoms with E-state index < -0.39 is 0 Å². The molecule has 0 aliphatic rings. The van der Waals surface area contributed by atoms with Crippen molar-refractivity contribution in [3.8, 4) is 5.75 Å². The molecule has 0 saturated carbocycles. The molecule has 0 atom stereocenters. The third kappa shape index (κ3) is 3.22. The van der Waals surface area contributed by atoms with E-state index >= 15 is 0 Å². The molecular formula is C12H17NO3. The number of ether oxygens (including phenoxy) is 1. The molecule has 0 aliphatic carbocycles. The van der Waals surface area contributed by atoms with Gasteiger partial charge in [0, 0.05) is 6.07 Å². The van der Waals surface area contributed by atoms with Crippen LogP contribution in [0.1, 0.15) is 39.2 Å². The Hall–Kier alpha value is -1.58. The highest BCUT2D eigenvalue weighted by Gasteiger charge is 2.13. The van der Waals surface area contributed by atoms with E-state index in [0.717, 1.165) is 5.56 Å². The van der Waals surface area contributed by atoms with E-state index in [-0.39, 0.29) is 22.6 Å². The van der Waals surface area contributed by atoms with E-state index in [1.165, 1.54) is 6.07 Å². The molecule has 0 aromatic heterocycles. The molecule has 16 heavy (non-hydrogen) atoms. The minimum atomic E-state index is -0.390. The molecule has 0 N–H and O–H groups in total. The monoisotopic (exact) mass is 223 g/mol. The van der Waals surface area contributed by atoms with Crippen LogP contribution >= 0.6 is 0 Å². The summed E-state index contributed by atoms with van der Waals surface area (Å²) in [6.07, 6.45) is 0.0158. The zero-order valence-electron chi connectivity index (χ0n) is 10.1. The van der Waals surface area contributed by atoms with Gasteiger partial charge in [-0.25, -0.2) is 0 Å². The Morgan fingerprint density at radius 1 is 1.19 bits per heavy atom. The third-order valence-electron chi connectivity index (χ3n) is 2.16. The highest BCUT2D eigenvalue weighted by molar-refractivity contribution is 5.43. The van der Waals surface area contributed by atoms with Crippen LogP contribution in [0.3, 0.4) is 0 Å². The van der Waals surface area contributed by atoms with Gasteiger partial charge in [0.1, 0.15) is 5.75 Å². The molecule has 0 spiro atoms. The minimum absolute atomic E-state index is 0.0158. The van der Waals surface area contributed by atoms with Crippen LogP contribution in [0.5, 0.6) is 5.75 Å². The fourth-order valence-corrected chi connectivity index (χ4v) is 1.38.